The normalized spacial score (nSPS) is 10.7. The predicted molar refractivity (Wildman–Crippen MR) is 61.2 cm³/mol. The molecule has 0 rings (SSSR count). The maximum absolute atomic E-state index is 11.7. The summed E-state index contributed by atoms with van der Waals surface area (Å²) in [4.78, 5) is 0. The zero-order chi connectivity index (χ0) is 10.5. The molecule has 0 fully saturated rings. The first-order valence-corrected chi connectivity index (χ1v) is 6.18. The van der Waals surface area contributed by atoms with Gasteiger partial charge in [0, 0.05) is 0 Å². The molecular weight excluding hydrogens is 177 g/mol. The molecule has 0 aliphatic heterocycles. The third-order valence-corrected chi connectivity index (χ3v) is 2.59. The van der Waals surface area contributed by atoms with Crippen molar-refractivity contribution in [3.63, 3.8) is 0 Å². The lowest BCUT2D eigenvalue weighted by Crippen LogP contribution is -1.97. The van der Waals surface area contributed by atoms with Crippen molar-refractivity contribution >= 4 is 0 Å². The summed E-state index contributed by atoms with van der Waals surface area (Å²) in [6.07, 6.45) is 12.2. The van der Waals surface area contributed by atoms with E-state index in [9.17, 15) is 4.39 Å². The zero-order valence-corrected chi connectivity index (χ0v) is 9.44. The second-order valence-electron chi connectivity index (χ2n) is 4.01. The van der Waals surface area contributed by atoms with Crippen LogP contribution in [0.2, 0.25) is 0 Å². The first-order valence-electron chi connectivity index (χ1n) is 6.18. The van der Waals surface area contributed by atoms with Crippen molar-refractivity contribution in [1.29, 1.82) is 0 Å². The molecule has 0 unspecified atom stereocenters. The summed E-state index contributed by atoms with van der Waals surface area (Å²) in [5, 5.41) is 0. The standard InChI is InChI=1S/C12H26FN/c13-11-9-7-5-3-1-2-4-6-8-10-12-14/h1-12,14H2. The summed E-state index contributed by atoms with van der Waals surface area (Å²) in [7, 11) is 0. The fourth-order valence-corrected chi connectivity index (χ4v) is 1.65. The van der Waals surface area contributed by atoms with Gasteiger partial charge in [-0.25, -0.2) is 0 Å². The maximum atomic E-state index is 11.7. The van der Waals surface area contributed by atoms with Crippen LogP contribution in [-0.4, -0.2) is 13.2 Å². The van der Waals surface area contributed by atoms with Gasteiger partial charge in [0.1, 0.15) is 0 Å². The van der Waals surface area contributed by atoms with Gasteiger partial charge in [-0.15, -0.1) is 0 Å². The molecule has 0 aliphatic rings. The summed E-state index contributed by atoms with van der Waals surface area (Å²) >= 11 is 0. The Hall–Kier alpha value is -0.110. The molecule has 0 spiro atoms. The number of halogens is 1. The predicted octanol–water partition coefficient (Wildman–Crippen LogP) is 3.82. The molecule has 0 aromatic heterocycles. The van der Waals surface area contributed by atoms with Crippen LogP contribution in [0.3, 0.4) is 0 Å². The van der Waals surface area contributed by atoms with Crippen LogP contribution in [0.5, 0.6) is 0 Å². The van der Waals surface area contributed by atoms with E-state index in [0.717, 1.165) is 19.4 Å². The molecule has 0 bridgehead atoms. The van der Waals surface area contributed by atoms with E-state index < -0.39 is 0 Å². The molecule has 0 amide bonds. The number of hydrogen-bond donors (Lipinski definition) is 1. The highest BCUT2D eigenvalue weighted by Crippen LogP contribution is 2.10. The van der Waals surface area contributed by atoms with Crippen molar-refractivity contribution in [1.82, 2.24) is 0 Å². The van der Waals surface area contributed by atoms with Crippen molar-refractivity contribution in [3.05, 3.63) is 0 Å². The SMILES string of the molecule is NCCCCCCCCCCCCF. The van der Waals surface area contributed by atoms with E-state index in [4.69, 9.17) is 5.73 Å². The van der Waals surface area contributed by atoms with Gasteiger partial charge in [0.15, 0.2) is 0 Å². The summed E-state index contributed by atoms with van der Waals surface area (Å²) in [5.41, 5.74) is 5.41. The van der Waals surface area contributed by atoms with Gasteiger partial charge in [0.2, 0.25) is 0 Å². The molecule has 14 heavy (non-hydrogen) atoms. The van der Waals surface area contributed by atoms with Gasteiger partial charge in [0.25, 0.3) is 0 Å². The lowest BCUT2D eigenvalue weighted by atomic mass is 10.1. The fraction of sp³-hybridized carbons (Fsp3) is 1.00. The average Bonchev–Trinajstić information content (AvgIpc) is 2.21. The van der Waals surface area contributed by atoms with E-state index in [1.54, 1.807) is 0 Å². The van der Waals surface area contributed by atoms with Crippen LogP contribution in [-0.2, 0) is 0 Å². The van der Waals surface area contributed by atoms with Gasteiger partial charge in [-0.1, -0.05) is 51.4 Å². The third kappa shape index (κ3) is 11.9. The number of unbranched alkanes of at least 4 members (excludes halogenated alkanes) is 9. The Labute approximate surface area is 88.3 Å². The van der Waals surface area contributed by atoms with Gasteiger partial charge in [-0.3, -0.25) is 4.39 Å². The second-order valence-corrected chi connectivity index (χ2v) is 4.01. The molecule has 0 aliphatic carbocycles. The first kappa shape index (κ1) is 13.9. The van der Waals surface area contributed by atoms with Crippen LogP contribution in [0.1, 0.15) is 64.2 Å². The van der Waals surface area contributed by atoms with Crippen molar-refractivity contribution < 1.29 is 4.39 Å². The smallest absolute Gasteiger partial charge is 0.0894 e. The van der Waals surface area contributed by atoms with Gasteiger partial charge in [0.05, 0.1) is 6.67 Å². The lowest BCUT2D eigenvalue weighted by molar-refractivity contribution is 0.449. The molecule has 0 saturated carbocycles. The zero-order valence-electron chi connectivity index (χ0n) is 9.44. The molecular formula is C12H26FN. The summed E-state index contributed by atoms with van der Waals surface area (Å²) in [5.74, 6) is 0. The van der Waals surface area contributed by atoms with Gasteiger partial charge in [-0.05, 0) is 19.4 Å². The molecule has 0 aromatic rings. The molecule has 0 aromatic carbocycles. The van der Waals surface area contributed by atoms with Crippen molar-refractivity contribution in [2.45, 2.75) is 64.2 Å². The average molecular weight is 203 g/mol. The first-order chi connectivity index (χ1) is 6.91. The van der Waals surface area contributed by atoms with Crippen molar-refractivity contribution in [3.8, 4) is 0 Å². The Balaban J connectivity index is 2.78. The minimum atomic E-state index is -0.140. The van der Waals surface area contributed by atoms with E-state index in [0.29, 0.717) is 0 Å². The Morgan fingerprint density at radius 2 is 0.929 bits per heavy atom. The summed E-state index contributed by atoms with van der Waals surface area (Å²) < 4.78 is 11.7. The van der Waals surface area contributed by atoms with Crippen LogP contribution in [0, 0.1) is 0 Å². The van der Waals surface area contributed by atoms with Crippen LogP contribution in [0.25, 0.3) is 0 Å². The van der Waals surface area contributed by atoms with E-state index in [1.807, 2.05) is 0 Å². The minimum Gasteiger partial charge on any atom is -0.330 e. The number of nitrogens with two attached hydrogens (primary N) is 1. The number of alkyl halides is 1. The molecule has 1 nitrogen and oxygen atoms in total. The van der Waals surface area contributed by atoms with Crippen LogP contribution in [0.4, 0.5) is 4.39 Å². The highest BCUT2D eigenvalue weighted by molar-refractivity contribution is 4.48. The van der Waals surface area contributed by atoms with E-state index in [1.165, 1.54) is 51.4 Å². The quantitative estimate of drug-likeness (QED) is 0.508. The number of hydrogen-bond acceptors (Lipinski definition) is 1. The monoisotopic (exact) mass is 203 g/mol. The summed E-state index contributed by atoms with van der Waals surface area (Å²) in [6, 6.07) is 0. The summed E-state index contributed by atoms with van der Waals surface area (Å²) in [6.45, 7) is 0.697. The minimum absolute atomic E-state index is 0.140. The van der Waals surface area contributed by atoms with Gasteiger partial charge in [-0.2, -0.15) is 0 Å². The largest absolute Gasteiger partial charge is 0.330 e. The topological polar surface area (TPSA) is 26.0 Å². The van der Waals surface area contributed by atoms with Gasteiger partial charge >= 0.3 is 0 Å². The second kappa shape index (κ2) is 12.9. The maximum Gasteiger partial charge on any atom is 0.0894 e. The van der Waals surface area contributed by atoms with Gasteiger partial charge < -0.3 is 5.73 Å². The highest BCUT2D eigenvalue weighted by Gasteiger charge is 1.92. The fourth-order valence-electron chi connectivity index (χ4n) is 1.65. The Kier molecular flexibility index (Phi) is 12.8. The van der Waals surface area contributed by atoms with E-state index in [2.05, 4.69) is 0 Å². The number of rotatable bonds is 11. The van der Waals surface area contributed by atoms with Crippen LogP contribution in [0.15, 0.2) is 0 Å². The van der Waals surface area contributed by atoms with E-state index >= 15 is 0 Å². The van der Waals surface area contributed by atoms with Crippen molar-refractivity contribution in [2.75, 3.05) is 13.2 Å². The molecule has 0 atom stereocenters. The Morgan fingerprint density at radius 3 is 1.29 bits per heavy atom. The Bertz CT molecular complexity index is 84.3. The lowest BCUT2D eigenvalue weighted by Gasteiger charge is -2.01. The van der Waals surface area contributed by atoms with Crippen LogP contribution >= 0.6 is 0 Å². The van der Waals surface area contributed by atoms with Crippen molar-refractivity contribution in [2.24, 2.45) is 5.73 Å². The molecule has 2 N–H and O–H groups in total. The van der Waals surface area contributed by atoms with E-state index in [-0.39, 0.29) is 6.67 Å². The molecule has 86 valence electrons. The Morgan fingerprint density at radius 1 is 0.571 bits per heavy atom. The van der Waals surface area contributed by atoms with Crippen LogP contribution < -0.4 is 5.73 Å². The molecule has 0 saturated heterocycles. The molecule has 0 radical (unpaired) electrons. The molecule has 2 heteroatoms. The third-order valence-electron chi connectivity index (χ3n) is 2.59. The molecule has 0 heterocycles. The highest BCUT2D eigenvalue weighted by atomic mass is 19.1.